The van der Waals surface area contributed by atoms with E-state index in [1.54, 1.807) is 4.68 Å². The van der Waals surface area contributed by atoms with Crippen LogP contribution in [0.5, 0.6) is 0 Å². The topological polar surface area (TPSA) is 78.0 Å². The highest BCUT2D eigenvalue weighted by Crippen LogP contribution is 2.30. The van der Waals surface area contributed by atoms with Crippen molar-refractivity contribution in [3.05, 3.63) is 47.3 Å². The van der Waals surface area contributed by atoms with Gasteiger partial charge in [0.2, 0.25) is 0 Å². The Morgan fingerprint density at radius 1 is 1.50 bits per heavy atom. The van der Waals surface area contributed by atoms with Gasteiger partial charge in [-0.25, -0.2) is 0 Å². The van der Waals surface area contributed by atoms with Gasteiger partial charge in [-0.3, -0.25) is 16.0 Å². The Morgan fingerprint density at radius 3 is 3.10 bits per heavy atom. The van der Waals surface area contributed by atoms with Crippen molar-refractivity contribution in [1.29, 1.82) is 0 Å². The Labute approximate surface area is 117 Å². The van der Waals surface area contributed by atoms with Crippen LogP contribution in [-0.2, 0) is 24.6 Å². The maximum Gasteiger partial charge on any atom is 0.0997 e. The molecule has 106 valence electrons. The predicted molar refractivity (Wildman–Crippen MR) is 74.7 cm³/mol. The van der Waals surface area contributed by atoms with E-state index in [2.05, 4.69) is 33.9 Å². The first-order chi connectivity index (χ1) is 9.78. The van der Waals surface area contributed by atoms with Gasteiger partial charge in [-0.05, 0) is 17.5 Å². The van der Waals surface area contributed by atoms with E-state index < -0.39 is 0 Å². The second-order valence-electron chi connectivity index (χ2n) is 5.10. The molecule has 2 heterocycles. The number of aromatic nitrogens is 3. The lowest BCUT2D eigenvalue weighted by Crippen LogP contribution is -2.43. The van der Waals surface area contributed by atoms with Gasteiger partial charge >= 0.3 is 0 Å². The highest BCUT2D eigenvalue weighted by Gasteiger charge is 2.28. The van der Waals surface area contributed by atoms with E-state index in [9.17, 15) is 0 Å². The van der Waals surface area contributed by atoms with Crippen LogP contribution < -0.4 is 11.3 Å². The highest BCUT2D eigenvalue weighted by atomic mass is 16.5. The van der Waals surface area contributed by atoms with Crippen molar-refractivity contribution >= 4 is 0 Å². The zero-order valence-corrected chi connectivity index (χ0v) is 11.5. The quantitative estimate of drug-likeness (QED) is 0.626. The van der Waals surface area contributed by atoms with E-state index in [1.807, 2.05) is 19.3 Å². The van der Waals surface area contributed by atoms with Crippen LogP contribution in [-0.4, -0.2) is 27.6 Å². The molecule has 1 aromatic heterocycles. The van der Waals surface area contributed by atoms with Gasteiger partial charge in [-0.15, -0.1) is 5.10 Å². The molecule has 0 aliphatic carbocycles. The normalized spacial score (nSPS) is 19.6. The monoisotopic (exact) mass is 273 g/mol. The molecular weight excluding hydrogens is 254 g/mol. The highest BCUT2D eigenvalue weighted by molar-refractivity contribution is 5.32. The van der Waals surface area contributed by atoms with Gasteiger partial charge in [0.05, 0.1) is 24.4 Å². The number of hydrazine groups is 1. The first-order valence-electron chi connectivity index (χ1n) is 6.78. The van der Waals surface area contributed by atoms with Crippen molar-refractivity contribution in [1.82, 2.24) is 20.4 Å². The van der Waals surface area contributed by atoms with Crippen molar-refractivity contribution < 1.29 is 4.74 Å². The molecule has 3 N–H and O–H groups in total. The molecule has 2 atom stereocenters. The fourth-order valence-electron chi connectivity index (χ4n) is 2.73. The summed E-state index contributed by atoms with van der Waals surface area (Å²) in [6.45, 7) is 0.723. The van der Waals surface area contributed by atoms with Gasteiger partial charge in [-0.2, -0.15) is 0 Å². The number of rotatable bonds is 4. The fraction of sp³-hybridized carbons (Fsp3) is 0.429. The van der Waals surface area contributed by atoms with E-state index in [4.69, 9.17) is 10.6 Å². The van der Waals surface area contributed by atoms with E-state index in [0.717, 1.165) is 18.7 Å². The van der Waals surface area contributed by atoms with Gasteiger partial charge < -0.3 is 4.74 Å². The number of benzene rings is 1. The largest absolute Gasteiger partial charge is 0.371 e. The standard InChI is InChI=1S/C14H19N5O/c1-19-9-11(17-18-19)8-13(16-15)14-12-5-3-2-4-10(12)6-7-20-14/h2-5,9,13-14,16H,6-8,15H2,1H3. The minimum atomic E-state index is -0.0491. The molecule has 0 bridgehead atoms. The summed E-state index contributed by atoms with van der Waals surface area (Å²) in [6.07, 6.45) is 3.49. The van der Waals surface area contributed by atoms with Crippen molar-refractivity contribution in [3.8, 4) is 0 Å². The molecule has 6 heteroatoms. The Bertz CT molecular complexity index is 582. The molecule has 0 fully saturated rings. The Hall–Kier alpha value is -1.76. The van der Waals surface area contributed by atoms with Crippen LogP contribution in [0.3, 0.4) is 0 Å². The van der Waals surface area contributed by atoms with Crippen molar-refractivity contribution in [2.24, 2.45) is 12.9 Å². The number of hydrogen-bond donors (Lipinski definition) is 2. The molecule has 1 aliphatic heterocycles. The van der Waals surface area contributed by atoms with E-state index in [1.165, 1.54) is 11.1 Å². The third kappa shape index (κ3) is 2.58. The van der Waals surface area contributed by atoms with Crippen LogP contribution in [0, 0.1) is 0 Å². The van der Waals surface area contributed by atoms with E-state index >= 15 is 0 Å². The van der Waals surface area contributed by atoms with Gasteiger partial charge in [0.25, 0.3) is 0 Å². The number of aryl methyl sites for hydroxylation is 1. The lowest BCUT2D eigenvalue weighted by atomic mass is 9.91. The Kier molecular flexibility index (Phi) is 3.77. The zero-order valence-electron chi connectivity index (χ0n) is 11.5. The predicted octanol–water partition coefficient (Wildman–Crippen LogP) is 0.503. The summed E-state index contributed by atoms with van der Waals surface area (Å²) < 4.78 is 7.63. The second kappa shape index (κ2) is 5.70. The third-order valence-electron chi connectivity index (χ3n) is 3.69. The number of nitrogens with two attached hydrogens (primary N) is 1. The van der Waals surface area contributed by atoms with Crippen LogP contribution in [0.25, 0.3) is 0 Å². The average molecular weight is 273 g/mol. The van der Waals surface area contributed by atoms with E-state index in [0.29, 0.717) is 6.42 Å². The summed E-state index contributed by atoms with van der Waals surface area (Å²) in [7, 11) is 1.85. The molecule has 0 spiro atoms. The lowest BCUT2D eigenvalue weighted by Gasteiger charge is -2.31. The van der Waals surface area contributed by atoms with Gasteiger partial charge in [0.15, 0.2) is 0 Å². The molecule has 2 unspecified atom stereocenters. The van der Waals surface area contributed by atoms with Crippen molar-refractivity contribution in [3.63, 3.8) is 0 Å². The van der Waals surface area contributed by atoms with Crippen LogP contribution in [0.4, 0.5) is 0 Å². The molecule has 0 saturated carbocycles. The summed E-state index contributed by atoms with van der Waals surface area (Å²) in [5.41, 5.74) is 6.32. The Balaban J connectivity index is 1.83. The zero-order chi connectivity index (χ0) is 13.9. The number of hydrogen-bond acceptors (Lipinski definition) is 5. The molecule has 2 aromatic rings. The molecule has 20 heavy (non-hydrogen) atoms. The smallest absolute Gasteiger partial charge is 0.0997 e. The van der Waals surface area contributed by atoms with Crippen molar-refractivity contribution in [2.75, 3.05) is 6.61 Å². The molecule has 3 rings (SSSR count). The first-order valence-corrected chi connectivity index (χ1v) is 6.78. The van der Waals surface area contributed by atoms with Crippen LogP contribution in [0.1, 0.15) is 22.9 Å². The number of nitrogens with one attached hydrogen (secondary N) is 1. The van der Waals surface area contributed by atoms with Crippen LogP contribution >= 0.6 is 0 Å². The molecule has 1 aromatic carbocycles. The molecule has 1 aliphatic rings. The third-order valence-corrected chi connectivity index (χ3v) is 3.69. The summed E-state index contributed by atoms with van der Waals surface area (Å²) in [5.74, 6) is 5.73. The molecule has 6 nitrogen and oxygen atoms in total. The average Bonchev–Trinajstić information content (AvgIpc) is 2.89. The molecule has 0 amide bonds. The molecule has 0 radical (unpaired) electrons. The number of ether oxygens (including phenoxy) is 1. The number of nitrogens with zero attached hydrogens (tertiary/aromatic N) is 3. The first kappa shape index (κ1) is 13.2. The SMILES string of the molecule is Cn1cc(CC(NN)C2OCCc3ccccc32)nn1. The number of fused-ring (bicyclic) bond motifs is 1. The van der Waals surface area contributed by atoms with Crippen LogP contribution in [0.15, 0.2) is 30.5 Å². The Morgan fingerprint density at radius 2 is 2.35 bits per heavy atom. The summed E-state index contributed by atoms with van der Waals surface area (Å²) in [4.78, 5) is 0. The lowest BCUT2D eigenvalue weighted by molar-refractivity contribution is 0.0151. The summed E-state index contributed by atoms with van der Waals surface area (Å²) >= 11 is 0. The van der Waals surface area contributed by atoms with Crippen molar-refractivity contribution in [2.45, 2.75) is 25.0 Å². The molecular formula is C14H19N5O. The maximum absolute atomic E-state index is 5.94. The summed E-state index contributed by atoms with van der Waals surface area (Å²) in [6, 6.07) is 8.35. The van der Waals surface area contributed by atoms with Gasteiger partial charge in [-0.1, -0.05) is 29.5 Å². The molecule has 0 saturated heterocycles. The fourth-order valence-corrected chi connectivity index (χ4v) is 2.73. The summed E-state index contributed by atoms with van der Waals surface area (Å²) in [5, 5.41) is 8.07. The van der Waals surface area contributed by atoms with Gasteiger partial charge in [0.1, 0.15) is 0 Å². The minimum absolute atomic E-state index is 0.0202. The second-order valence-corrected chi connectivity index (χ2v) is 5.10. The minimum Gasteiger partial charge on any atom is -0.371 e. The maximum atomic E-state index is 5.94. The van der Waals surface area contributed by atoms with Crippen LogP contribution in [0.2, 0.25) is 0 Å². The van der Waals surface area contributed by atoms with Gasteiger partial charge in [0, 0.05) is 19.7 Å². The van der Waals surface area contributed by atoms with E-state index in [-0.39, 0.29) is 12.1 Å².